The van der Waals surface area contributed by atoms with Crippen molar-refractivity contribution in [1.82, 2.24) is 0 Å². The molecule has 0 aliphatic rings. The van der Waals surface area contributed by atoms with Crippen molar-refractivity contribution in [2.75, 3.05) is 6.54 Å². The average molecular weight is 163 g/mol. The Morgan fingerprint density at radius 1 is 1.27 bits per heavy atom. The van der Waals surface area contributed by atoms with E-state index in [9.17, 15) is 9.59 Å². The highest BCUT2D eigenvalue weighted by Crippen LogP contribution is 2.01. The largest absolute Gasteiger partial charge is 0.481 e. The molecular weight excluding hydrogens is 154 g/mol. The first-order chi connectivity index (χ1) is 5.00. The second-order valence-electron chi connectivity index (χ2n) is 1.96. The summed E-state index contributed by atoms with van der Waals surface area (Å²) in [4.78, 5) is 20.2. The van der Waals surface area contributed by atoms with E-state index in [4.69, 9.17) is 21.1 Å². The number of carboxylic acid groups (broad SMARTS) is 2. The molecule has 0 aromatic rings. The highest BCUT2D eigenvalue weighted by Gasteiger charge is 2.30. The molecule has 64 valence electrons. The van der Waals surface area contributed by atoms with Gasteiger partial charge < -0.3 is 21.1 Å². The third-order valence-corrected chi connectivity index (χ3v) is 1.21. The molecule has 0 fully saturated rings. The second-order valence-corrected chi connectivity index (χ2v) is 1.96. The number of aliphatic carboxylic acids is 2. The fraction of sp³-hybridized carbons (Fsp3) is 0.600. The number of carboxylic acids is 2. The Labute approximate surface area is 62.2 Å². The molecule has 0 amide bonds. The molecule has 0 aromatic heterocycles. The van der Waals surface area contributed by atoms with Gasteiger partial charge in [0, 0.05) is 6.54 Å². The lowest BCUT2D eigenvalue weighted by Gasteiger charge is -2.11. The lowest BCUT2D eigenvalue weighted by molar-refractivity contribution is -0.158. The maximum Gasteiger partial charge on any atom is 0.333 e. The zero-order valence-corrected chi connectivity index (χ0v) is 5.60. The smallest absolute Gasteiger partial charge is 0.333 e. The van der Waals surface area contributed by atoms with E-state index in [0.29, 0.717) is 0 Å². The molecule has 0 saturated heterocycles. The van der Waals surface area contributed by atoms with Gasteiger partial charge in [0.2, 0.25) is 0 Å². The summed E-state index contributed by atoms with van der Waals surface area (Å²) in [6, 6.07) is 0. The molecule has 0 saturated carbocycles. The molecule has 11 heavy (non-hydrogen) atoms. The first-order valence-corrected chi connectivity index (χ1v) is 2.84. The summed E-state index contributed by atoms with van der Waals surface area (Å²) in [6.45, 7) is -0.400. The van der Waals surface area contributed by atoms with Gasteiger partial charge in [-0.1, -0.05) is 0 Å². The number of hydrogen-bond donors (Lipinski definition) is 4. The molecule has 6 nitrogen and oxygen atoms in total. The maximum absolute atomic E-state index is 10.2. The second kappa shape index (κ2) is 3.89. The Kier molecular flexibility index (Phi) is 3.49. The van der Waals surface area contributed by atoms with E-state index in [2.05, 4.69) is 0 Å². The van der Waals surface area contributed by atoms with Crippen LogP contribution in [0.15, 0.2) is 0 Å². The molecule has 0 aliphatic heterocycles. The van der Waals surface area contributed by atoms with Gasteiger partial charge >= 0.3 is 11.9 Å². The van der Waals surface area contributed by atoms with Crippen molar-refractivity contribution in [2.45, 2.75) is 6.10 Å². The van der Waals surface area contributed by atoms with Crippen molar-refractivity contribution in [3.05, 3.63) is 0 Å². The van der Waals surface area contributed by atoms with Gasteiger partial charge in [-0.3, -0.25) is 4.79 Å². The molecule has 0 rings (SSSR count). The molecule has 0 bridgehead atoms. The van der Waals surface area contributed by atoms with Crippen molar-refractivity contribution >= 4 is 11.9 Å². The van der Waals surface area contributed by atoms with Crippen LogP contribution in [0.2, 0.25) is 0 Å². The molecule has 0 aliphatic carbocycles. The fourth-order valence-electron chi connectivity index (χ4n) is 0.537. The minimum Gasteiger partial charge on any atom is -0.481 e. The molecule has 0 aromatic carbocycles. The van der Waals surface area contributed by atoms with Crippen molar-refractivity contribution in [2.24, 2.45) is 11.7 Å². The van der Waals surface area contributed by atoms with E-state index in [-0.39, 0.29) is 0 Å². The third-order valence-electron chi connectivity index (χ3n) is 1.21. The average Bonchev–Trinajstić information content (AvgIpc) is 1.88. The SMILES string of the molecule is NCC(C(=O)O)C(O)C(=O)O. The van der Waals surface area contributed by atoms with Gasteiger partial charge in [-0.15, -0.1) is 0 Å². The van der Waals surface area contributed by atoms with Crippen LogP contribution < -0.4 is 5.73 Å². The summed E-state index contributed by atoms with van der Waals surface area (Å²) in [6.07, 6.45) is -1.93. The summed E-state index contributed by atoms with van der Waals surface area (Å²) in [7, 11) is 0. The highest BCUT2D eigenvalue weighted by molar-refractivity contribution is 5.81. The third kappa shape index (κ3) is 2.52. The van der Waals surface area contributed by atoms with Gasteiger partial charge in [0.15, 0.2) is 6.10 Å². The zero-order valence-electron chi connectivity index (χ0n) is 5.60. The molecule has 5 N–H and O–H groups in total. The van der Waals surface area contributed by atoms with E-state index in [1.165, 1.54) is 0 Å². The molecule has 0 radical (unpaired) electrons. The Bertz CT molecular complexity index is 168. The van der Waals surface area contributed by atoms with Gasteiger partial charge in [-0.2, -0.15) is 0 Å². The van der Waals surface area contributed by atoms with Gasteiger partial charge in [-0.25, -0.2) is 4.79 Å². The lowest BCUT2D eigenvalue weighted by Crippen LogP contribution is -2.39. The summed E-state index contributed by atoms with van der Waals surface area (Å²) in [5, 5.41) is 25.1. The minimum atomic E-state index is -1.93. The van der Waals surface area contributed by atoms with E-state index in [0.717, 1.165) is 0 Å². The van der Waals surface area contributed by atoms with Gasteiger partial charge in [0.25, 0.3) is 0 Å². The van der Waals surface area contributed by atoms with Gasteiger partial charge in [-0.05, 0) is 0 Å². The van der Waals surface area contributed by atoms with Crippen LogP contribution in [-0.2, 0) is 9.59 Å². The normalized spacial score (nSPS) is 15.5. The summed E-state index contributed by atoms with van der Waals surface area (Å²) >= 11 is 0. The van der Waals surface area contributed by atoms with Crippen molar-refractivity contribution in [1.29, 1.82) is 0 Å². The van der Waals surface area contributed by atoms with Crippen LogP contribution in [0.3, 0.4) is 0 Å². The quantitative estimate of drug-likeness (QED) is 0.383. The van der Waals surface area contributed by atoms with E-state index >= 15 is 0 Å². The topological polar surface area (TPSA) is 121 Å². The number of rotatable bonds is 4. The van der Waals surface area contributed by atoms with E-state index in [1.54, 1.807) is 0 Å². The first kappa shape index (κ1) is 9.86. The summed E-state index contributed by atoms with van der Waals surface area (Å²) < 4.78 is 0. The van der Waals surface area contributed by atoms with Crippen LogP contribution in [-0.4, -0.2) is 39.9 Å². The van der Waals surface area contributed by atoms with E-state index < -0.39 is 30.5 Å². The Morgan fingerprint density at radius 2 is 1.73 bits per heavy atom. The fourth-order valence-corrected chi connectivity index (χ4v) is 0.537. The lowest BCUT2D eigenvalue weighted by atomic mass is 10.0. The number of hydrogen-bond acceptors (Lipinski definition) is 4. The van der Waals surface area contributed by atoms with Crippen LogP contribution in [0.5, 0.6) is 0 Å². The Morgan fingerprint density at radius 3 is 1.82 bits per heavy atom. The molecule has 6 heteroatoms. The predicted molar refractivity (Wildman–Crippen MR) is 33.8 cm³/mol. The van der Waals surface area contributed by atoms with Crippen molar-refractivity contribution < 1.29 is 24.9 Å². The van der Waals surface area contributed by atoms with Crippen LogP contribution in [0.1, 0.15) is 0 Å². The summed E-state index contributed by atoms with van der Waals surface area (Å²) in [5.41, 5.74) is 4.91. The van der Waals surface area contributed by atoms with Crippen LogP contribution in [0, 0.1) is 5.92 Å². The van der Waals surface area contributed by atoms with Crippen molar-refractivity contribution in [3.8, 4) is 0 Å². The molecule has 0 heterocycles. The molecule has 0 spiro atoms. The van der Waals surface area contributed by atoms with Gasteiger partial charge in [0.05, 0.1) is 0 Å². The predicted octanol–water partition coefficient (Wildman–Crippen LogP) is -1.91. The van der Waals surface area contributed by atoms with Crippen LogP contribution >= 0.6 is 0 Å². The zero-order chi connectivity index (χ0) is 9.02. The number of nitrogens with two attached hydrogens (primary N) is 1. The highest BCUT2D eigenvalue weighted by atomic mass is 16.4. The molecular formula is C5H9NO5. The van der Waals surface area contributed by atoms with Crippen LogP contribution in [0.25, 0.3) is 0 Å². The number of carbonyl (C=O) groups is 2. The molecule has 2 atom stereocenters. The maximum atomic E-state index is 10.2. The number of aliphatic hydroxyl groups excluding tert-OH is 1. The minimum absolute atomic E-state index is 0.400. The van der Waals surface area contributed by atoms with Gasteiger partial charge in [0.1, 0.15) is 5.92 Å². The van der Waals surface area contributed by atoms with Crippen LogP contribution in [0.4, 0.5) is 0 Å². The monoisotopic (exact) mass is 163 g/mol. The standard InChI is InChI=1S/C5H9NO5/c6-1-2(4(8)9)3(7)5(10)11/h2-3,7H,1,6H2,(H,8,9)(H,10,11). The van der Waals surface area contributed by atoms with Crippen molar-refractivity contribution in [3.63, 3.8) is 0 Å². The first-order valence-electron chi connectivity index (χ1n) is 2.84. The van der Waals surface area contributed by atoms with E-state index in [1.807, 2.05) is 0 Å². The summed E-state index contributed by atoms with van der Waals surface area (Å²) in [5.74, 6) is -4.43. The Hall–Kier alpha value is -1.14. The molecule has 2 unspecified atom stereocenters. The Balaban J connectivity index is 4.25. The number of aliphatic hydroxyl groups is 1.